The number of nitrogens with one attached hydrogen (secondary N) is 2. The van der Waals surface area contributed by atoms with Gasteiger partial charge in [0.05, 0.1) is 12.4 Å². The predicted octanol–water partition coefficient (Wildman–Crippen LogP) is 4.91. The second kappa shape index (κ2) is 10.6. The smallest absolute Gasteiger partial charge is 0.227 e. The molecule has 3 aromatic carbocycles. The van der Waals surface area contributed by atoms with E-state index in [1.165, 1.54) is 0 Å². The molecule has 0 atom stereocenters. The molecular formula is C28H33N5O2. The summed E-state index contributed by atoms with van der Waals surface area (Å²) in [5.74, 6) is 1.49. The van der Waals surface area contributed by atoms with Crippen molar-refractivity contribution in [3.63, 3.8) is 0 Å². The topological polar surface area (TPSA) is 106 Å². The van der Waals surface area contributed by atoms with Crippen molar-refractivity contribution in [1.29, 1.82) is 10.8 Å². The number of ether oxygens (including phenoxy) is 1. The molecule has 1 aliphatic heterocycles. The molecule has 0 aromatic heterocycles. The van der Waals surface area contributed by atoms with Crippen LogP contribution in [0.15, 0.2) is 60.7 Å². The first-order valence-corrected chi connectivity index (χ1v) is 12.1. The van der Waals surface area contributed by atoms with Crippen LogP contribution in [0.25, 0.3) is 10.8 Å². The lowest BCUT2D eigenvalue weighted by Gasteiger charge is -2.33. The van der Waals surface area contributed by atoms with Crippen LogP contribution in [0.2, 0.25) is 0 Å². The number of hydrogen-bond donors (Lipinski definition) is 3. The van der Waals surface area contributed by atoms with Gasteiger partial charge in [-0.15, -0.1) is 0 Å². The molecular weight excluding hydrogens is 438 g/mol. The van der Waals surface area contributed by atoms with Gasteiger partial charge < -0.3 is 20.3 Å². The van der Waals surface area contributed by atoms with Crippen molar-refractivity contribution in [3.05, 3.63) is 71.8 Å². The molecule has 1 fully saturated rings. The Kier molecular flexibility index (Phi) is 7.34. The van der Waals surface area contributed by atoms with Gasteiger partial charge in [-0.2, -0.15) is 0 Å². The summed E-state index contributed by atoms with van der Waals surface area (Å²) in [6.45, 7) is 5.83. The number of fused-ring (bicyclic) bond motifs is 1. The van der Waals surface area contributed by atoms with E-state index in [1.54, 1.807) is 4.90 Å². The first kappa shape index (κ1) is 24.3. The summed E-state index contributed by atoms with van der Waals surface area (Å²) in [4.78, 5) is 16.7. The third kappa shape index (κ3) is 5.80. The molecule has 7 heteroatoms. The number of carbonyl (C=O) groups is 1. The van der Waals surface area contributed by atoms with E-state index in [0.717, 1.165) is 53.7 Å². The second-order valence-corrected chi connectivity index (χ2v) is 9.03. The van der Waals surface area contributed by atoms with Gasteiger partial charge in [-0.3, -0.25) is 15.6 Å². The predicted molar refractivity (Wildman–Crippen MR) is 142 cm³/mol. The number of rotatable bonds is 7. The van der Waals surface area contributed by atoms with Gasteiger partial charge in [0.25, 0.3) is 0 Å². The third-order valence-corrected chi connectivity index (χ3v) is 6.53. The van der Waals surface area contributed by atoms with E-state index in [4.69, 9.17) is 21.3 Å². The summed E-state index contributed by atoms with van der Waals surface area (Å²) in [6.07, 6.45) is 2.34. The Morgan fingerprint density at radius 3 is 2.34 bits per heavy atom. The van der Waals surface area contributed by atoms with Crippen molar-refractivity contribution in [3.8, 4) is 5.75 Å². The van der Waals surface area contributed by atoms with Gasteiger partial charge in [0, 0.05) is 43.6 Å². The van der Waals surface area contributed by atoms with Crippen LogP contribution in [-0.4, -0.2) is 41.7 Å². The molecule has 0 bridgehead atoms. The van der Waals surface area contributed by atoms with Gasteiger partial charge in [-0.1, -0.05) is 31.2 Å². The van der Waals surface area contributed by atoms with Gasteiger partial charge in [0.15, 0.2) is 0 Å². The normalized spacial score (nSPS) is 14.1. The molecule has 4 N–H and O–H groups in total. The number of nitrogen functional groups attached to an aromatic ring is 1. The van der Waals surface area contributed by atoms with Crippen LogP contribution in [0.4, 0.5) is 5.69 Å². The maximum atomic E-state index is 12.8. The van der Waals surface area contributed by atoms with Gasteiger partial charge in [0.2, 0.25) is 5.91 Å². The van der Waals surface area contributed by atoms with E-state index in [2.05, 4.69) is 11.0 Å². The molecule has 182 valence electrons. The Labute approximate surface area is 206 Å². The lowest BCUT2D eigenvalue weighted by atomic mass is 10.0. The monoisotopic (exact) mass is 471 g/mol. The van der Waals surface area contributed by atoms with E-state index in [1.807, 2.05) is 68.4 Å². The highest BCUT2D eigenvalue weighted by atomic mass is 16.5. The fourth-order valence-corrected chi connectivity index (χ4v) is 4.47. The van der Waals surface area contributed by atoms with Crippen molar-refractivity contribution < 1.29 is 9.53 Å². The number of likely N-dealkylation sites (tertiary alicyclic amines) is 1. The van der Waals surface area contributed by atoms with E-state index >= 15 is 0 Å². The lowest BCUT2D eigenvalue weighted by molar-refractivity contribution is -0.118. The van der Waals surface area contributed by atoms with Crippen LogP contribution < -0.4 is 15.4 Å². The SMILES string of the molecule is CCC(=O)N(Cc1ccc2ccc(C(=N)N)cc2c1)c1ccc(OC2CCN(C(C)=N)CC2)cc1. The van der Waals surface area contributed by atoms with Gasteiger partial charge >= 0.3 is 0 Å². The number of anilines is 1. The highest BCUT2D eigenvalue weighted by Crippen LogP contribution is 2.26. The molecule has 0 radical (unpaired) electrons. The number of amidine groups is 2. The molecule has 1 saturated heterocycles. The molecule has 0 saturated carbocycles. The number of hydrogen-bond acceptors (Lipinski definition) is 4. The minimum absolute atomic E-state index is 0.0396. The van der Waals surface area contributed by atoms with Crippen molar-refractivity contribution in [2.45, 2.75) is 45.8 Å². The zero-order valence-electron chi connectivity index (χ0n) is 20.4. The van der Waals surface area contributed by atoms with Crippen LogP contribution in [0.5, 0.6) is 5.75 Å². The first-order chi connectivity index (χ1) is 16.8. The number of piperidine rings is 1. The zero-order chi connectivity index (χ0) is 24.9. The highest BCUT2D eigenvalue weighted by Gasteiger charge is 2.21. The summed E-state index contributed by atoms with van der Waals surface area (Å²) in [6, 6.07) is 19.6. The minimum atomic E-state index is 0.0396. The number of benzene rings is 3. The van der Waals surface area contributed by atoms with Crippen molar-refractivity contribution in [1.82, 2.24) is 4.90 Å². The summed E-state index contributed by atoms with van der Waals surface area (Å²) < 4.78 is 6.17. The van der Waals surface area contributed by atoms with Crippen LogP contribution in [0.3, 0.4) is 0 Å². The zero-order valence-corrected chi connectivity index (χ0v) is 20.4. The second-order valence-electron chi connectivity index (χ2n) is 9.03. The Hall–Kier alpha value is -3.87. The molecule has 35 heavy (non-hydrogen) atoms. The molecule has 3 aromatic rings. The number of amides is 1. The van der Waals surface area contributed by atoms with Crippen LogP contribution >= 0.6 is 0 Å². The van der Waals surface area contributed by atoms with E-state index in [9.17, 15) is 4.79 Å². The van der Waals surface area contributed by atoms with Crippen molar-refractivity contribution in [2.24, 2.45) is 5.73 Å². The molecule has 7 nitrogen and oxygen atoms in total. The van der Waals surface area contributed by atoms with E-state index in [0.29, 0.717) is 24.4 Å². The molecule has 0 spiro atoms. The van der Waals surface area contributed by atoms with E-state index in [-0.39, 0.29) is 17.8 Å². The van der Waals surface area contributed by atoms with Crippen molar-refractivity contribution in [2.75, 3.05) is 18.0 Å². The summed E-state index contributed by atoms with van der Waals surface area (Å²) in [5, 5.41) is 17.5. The Morgan fingerprint density at radius 1 is 1.03 bits per heavy atom. The van der Waals surface area contributed by atoms with Crippen LogP contribution in [0.1, 0.15) is 44.2 Å². The standard InChI is InChI=1S/C28H33N5O2/c1-3-27(34)33(18-20-4-5-21-6-7-22(28(30)31)17-23(21)16-20)24-8-10-25(11-9-24)35-26-12-14-32(15-13-26)19(2)29/h4-11,16-17,26,29H,3,12-15,18H2,1-2H3,(H3,30,31). The molecule has 1 amide bonds. The van der Waals surface area contributed by atoms with Gasteiger partial charge in [0.1, 0.15) is 17.7 Å². The maximum absolute atomic E-state index is 12.8. The largest absolute Gasteiger partial charge is 0.490 e. The summed E-state index contributed by atoms with van der Waals surface area (Å²) in [5.41, 5.74) is 8.18. The quantitative estimate of drug-likeness (QED) is 0.336. The number of carbonyl (C=O) groups excluding carboxylic acids is 1. The Morgan fingerprint density at radius 2 is 1.71 bits per heavy atom. The number of nitrogens with two attached hydrogens (primary N) is 1. The maximum Gasteiger partial charge on any atom is 0.227 e. The molecule has 4 rings (SSSR count). The Bertz CT molecular complexity index is 1230. The first-order valence-electron chi connectivity index (χ1n) is 12.1. The average molecular weight is 472 g/mol. The molecule has 1 heterocycles. The van der Waals surface area contributed by atoms with E-state index < -0.39 is 0 Å². The fourth-order valence-electron chi connectivity index (χ4n) is 4.47. The van der Waals surface area contributed by atoms with Crippen LogP contribution in [-0.2, 0) is 11.3 Å². The molecule has 1 aliphatic rings. The minimum Gasteiger partial charge on any atom is -0.490 e. The summed E-state index contributed by atoms with van der Waals surface area (Å²) >= 11 is 0. The molecule has 0 unspecified atom stereocenters. The van der Waals surface area contributed by atoms with Gasteiger partial charge in [-0.05, 0) is 59.7 Å². The van der Waals surface area contributed by atoms with Crippen molar-refractivity contribution >= 4 is 34.0 Å². The number of nitrogens with zero attached hydrogens (tertiary/aromatic N) is 2. The highest BCUT2D eigenvalue weighted by molar-refractivity contribution is 5.99. The fraction of sp³-hybridized carbons (Fsp3) is 0.321. The Balaban J connectivity index is 1.48. The van der Waals surface area contributed by atoms with Crippen LogP contribution in [0, 0.1) is 10.8 Å². The molecule has 0 aliphatic carbocycles. The average Bonchev–Trinajstić information content (AvgIpc) is 2.87. The third-order valence-electron chi connectivity index (χ3n) is 6.53. The summed E-state index contributed by atoms with van der Waals surface area (Å²) in [7, 11) is 0. The van der Waals surface area contributed by atoms with Gasteiger partial charge in [-0.25, -0.2) is 0 Å². The lowest BCUT2D eigenvalue weighted by Crippen LogP contribution is -2.40.